The lowest BCUT2D eigenvalue weighted by molar-refractivity contribution is 1.01. The van der Waals surface area contributed by atoms with E-state index in [1.807, 2.05) is 13.8 Å². The van der Waals surface area contributed by atoms with E-state index in [0.29, 0.717) is 11.4 Å². The van der Waals surface area contributed by atoms with E-state index in [4.69, 9.17) is 9.97 Å². The number of aryl methyl sites for hydroxylation is 2. The molecule has 0 aliphatic rings. The van der Waals surface area contributed by atoms with Gasteiger partial charge in [-0.05, 0) is 129 Å². The van der Waals surface area contributed by atoms with E-state index < -0.39 is 0 Å². The van der Waals surface area contributed by atoms with E-state index in [1.165, 1.54) is 43.1 Å². The van der Waals surface area contributed by atoms with Gasteiger partial charge in [-0.15, -0.1) is 0 Å². The molecule has 0 aliphatic carbocycles. The highest BCUT2D eigenvalue weighted by atomic mass is 15.1. The van der Waals surface area contributed by atoms with Gasteiger partial charge < -0.3 is 27.4 Å². The maximum atomic E-state index is 11.9. The van der Waals surface area contributed by atoms with Gasteiger partial charge in [-0.1, -0.05) is 170 Å². The number of hydrogen-bond acceptors (Lipinski definition) is 3. The van der Waals surface area contributed by atoms with Crippen molar-refractivity contribution in [2.75, 3.05) is 0 Å². The molecule has 7 aromatic heterocycles. The molecule has 0 bridgehead atoms. The Morgan fingerprint density at radius 3 is 0.745 bits per heavy atom. The predicted octanol–water partition coefficient (Wildman–Crippen LogP) is 21.2. The monoisotopic (exact) mass is 1200 g/mol. The molecule has 0 atom stereocenters. The van der Waals surface area contributed by atoms with E-state index in [1.54, 1.807) is 0 Å². The Morgan fingerprint density at radius 2 is 0.500 bits per heavy atom. The zero-order valence-electron chi connectivity index (χ0n) is 51.2. The van der Waals surface area contributed by atoms with Gasteiger partial charge in [0.25, 0.3) is 0 Å². The van der Waals surface area contributed by atoms with Crippen LogP contribution < -0.4 is 0 Å². The van der Waals surface area contributed by atoms with Gasteiger partial charge in [0.15, 0.2) is 0 Å². The summed E-state index contributed by atoms with van der Waals surface area (Å²) in [5.41, 5.74) is 21.4. The fraction of sp³-hybridized carbons (Fsp3) is 0.0235. The van der Waals surface area contributed by atoms with Crippen molar-refractivity contribution in [3.63, 3.8) is 0 Å². The van der Waals surface area contributed by atoms with E-state index >= 15 is 0 Å². The van der Waals surface area contributed by atoms with Crippen LogP contribution in [-0.4, -0.2) is 37.4 Å². The third-order valence-corrected chi connectivity index (χ3v) is 19.8. The number of para-hydroxylation sites is 8. The van der Waals surface area contributed by atoms with Crippen molar-refractivity contribution >= 4 is 131 Å². The van der Waals surface area contributed by atoms with Crippen molar-refractivity contribution in [2.45, 2.75) is 13.8 Å². The Morgan fingerprint density at radius 1 is 0.255 bits per heavy atom. The predicted molar refractivity (Wildman–Crippen MR) is 388 cm³/mol. The number of rotatable bonds is 7. The molecule has 20 aromatic rings. The van der Waals surface area contributed by atoms with Crippen LogP contribution in [0.25, 0.3) is 176 Å². The molecule has 0 spiro atoms. The molecule has 20 rings (SSSR count). The molecule has 13 aromatic carbocycles. The molecule has 0 saturated heterocycles. The Balaban J connectivity index is 0.953. The molecule has 0 aliphatic heterocycles. The van der Waals surface area contributed by atoms with Gasteiger partial charge >= 0.3 is 0 Å². The highest BCUT2D eigenvalue weighted by Crippen LogP contribution is 2.47. The maximum absolute atomic E-state index is 11.9. The zero-order chi connectivity index (χ0) is 62.0. The van der Waals surface area contributed by atoms with Crippen LogP contribution >= 0.6 is 0 Å². The number of benzene rings is 13. The number of nitriles is 1. The zero-order valence-corrected chi connectivity index (χ0v) is 51.2. The molecule has 7 heterocycles. The first kappa shape index (κ1) is 52.0. The van der Waals surface area contributed by atoms with E-state index in [-0.39, 0.29) is 0 Å². The van der Waals surface area contributed by atoms with Crippen molar-refractivity contribution in [1.29, 1.82) is 5.26 Å². The number of fused-ring (bicyclic) bond motifs is 18. The first-order valence-electron chi connectivity index (χ1n) is 31.9. The molecule has 0 fully saturated rings. The minimum atomic E-state index is 0.496. The number of nitrogens with zero attached hydrogens (tertiary/aromatic N) is 9. The molecule has 9 heteroatoms. The lowest BCUT2D eigenvalue weighted by Crippen LogP contribution is -2.07. The molecule has 0 saturated carbocycles. The smallest absolute Gasteiger partial charge is 0.126 e. The van der Waals surface area contributed by atoms with Crippen LogP contribution in [0.3, 0.4) is 0 Å². The molecule has 0 N–H and O–H groups in total. The van der Waals surface area contributed by atoms with Crippen molar-refractivity contribution in [3.8, 4) is 51.5 Å². The van der Waals surface area contributed by atoms with Crippen LogP contribution in [0.5, 0.6) is 0 Å². The summed E-state index contributed by atoms with van der Waals surface area (Å²) in [6, 6.07) is 106. The SMILES string of the molecule is Cc1cc(-c2c(-n3c4cc(-n5c6ccccc6c6ccccc65)ccc4c4ccc(-n5c6ccccc6c6ccccc65)cc43)cc(C#N)cc2-n2c3cc(-n4c5ccccc5c5ccccc54)ccc3c3ccc(-n4c5ccccc5c5ccccc54)cc32)nc(C)n1. The fourth-order valence-electron chi connectivity index (χ4n) is 16.0. The van der Waals surface area contributed by atoms with Crippen LogP contribution in [0.4, 0.5) is 0 Å². The summed E-state index contributed by atoms with van der Waals surface area (Å²) >= 11 is 0. The average Bonchev–Trinajstić information content (AvgIpc) is 1.58. The first-order valence-corrected chi connectivity index (χ1v) is 31.9. The van der Waals surface area contributed by atoms with Crippen LogP contribution in [0.1, 0.15) is 17.1 Å². The Bertz CT molecular complexity index is 5780. The highest BCUT2D eigenvalue weighted by molar-refractivity contribution is 6.17. The summed E-state index contributed by atoms with van der Waals surface area (Å²) in [5, 5.41) is 25.6. The second kappa shape index (κ2) is 19.6. The normalized spacial score (nSPS) is 12.1. The van der Waals surface area contributed by atoms with Gasteiger partial charge in [0.1, 0.15) is 5.82 Å². The summed E-state index contributed by atoms with van der Waals surface area (Å²) < 4.78 is 14.4. The van der Waals surface area contributed by atoms with Crippen molar-refractivity contribution in [3.05, 3.63) is 302 Å². The van der Waals surface area contributed by atoms with Gasteiger partial charge in [0, 0.05) is 98.6 Å². The van der Waals surface area contributed by atoms with Crippen LogP contribution in [0.2, 0.25) is 0 Å². The van der Waals surface area contributed by atoms with Gasteiger partial charge in [0.2, 0.25) is 0 Å². The summed E-state index contributed by atoms with van der Waals surface area (Å²) in [7, 11) is 0. The minimum absolute atomic E-state index is 0.496. The van der Waals surface area contributed by atoms with Gasteiger partial charge in [-0.3, -0.25) is 0 Å². The lowest BCUT2D eigenvalue weighted by atomic mass is 10.0. The lowest BCUT2D eigenvalue weighted by Gasteiger charge is -2.21. The topological polar surface area (TPSA) is 79.1 Å². The van der Waals surface area contributed by atoms with Crippen molar-refractivity contribution in [1.82, 2.24) is 37.4 Å². The average molecular weight is 1200 g/mol. The quantitative estimate of drug-likeness (QED) is 0.159. The van der Waals surface area contributed by atoms with Crippen molar-refractivity contribution < 1.29 is 0 Å². The van der Waals surface area contributed by atoms with Crippen LogP contribution in [-0.2, 0) is 0 Å². The highest BCUT2D eigenvalue weighted by Gasteiger charge is 2.28. The third-order valence-electron chi connectivity index (χ3n) is 19.8. The third kappa shape index (κ3) is 7.33. The summed E-state index contributed by atoms with van der Waals surface area (Å²) in [6.07, 6.45) is 0. The standard InChI is InChI=1S/C85H53N9/c1-51-43-70(88-52(2)87-51)85-83(93-79-46-54(89-71-27-11-3-19-58(71)59-20-4-12-28-72(59)89)35-39-66(79)67-40-36-55(47-80(67)93)90-73-29-13-5-21-60(73)61-22-6-14-30-74(61)90)44-53(50-86)45-84(85)94-81-48-56(91-75-31-15-7-23-62(75)63-24-8-16-32-76(63)91)37-41-68(81)69-42-38-57(49-82(69)94)92-77-33-17-9-25-64(77)65-26-10-18-34-78(65)92/h3-49H,1-2H3. The number of hydrogen-bond donors (Lipinski definition) is 0. The Labute approximate surface area is 537 Å². The summed E-state index contributed by atoms with van der Waals surface area (Å²) in [6.45, 7) is 4.03. The van der Waals surface area contributed by atoms with E-state index in [0.717, 1.165) is 139 Å². The molecule has 0 amide bonds. The number of aromatic nitrogens is 8. The van der Waals surface area contributed by atoms with E-state index in [9.17, 15) is 5.26 Å². The van der Waals surface area contributed by atoms with Gasteiger partial charge in [0.05, 0.1) is 94.9 Å². The largest absolute Gasteiger partial charge is 0.309 e. The Kier molecular flexibility index (Phi) is 10.9. The second-order valence-corrected chi connectivity index (χ2v) is 24.9. The molecule has 94 heavy (non-hydrogen) atoms. The van der Waals surface area contributed by atoms with Crippen LogP contribution in [0, 0.1) is 25.2 Å². The minimum Gasteiger partial charge on any atom is -0.309 e. The fourth-order valence-corrected chi connectivity index (χ4v) is 16.0. The molecular formula is C85H53N9. The summed E-state index contributed by atoms with van der Waals surface area (Å²) in [4.78, 5) is 10.4. The summed E-state index contributed by atoms with van der Waals surface area (Å²) in [5.74, 6) is 0.644. The molecular weight excluding hydrogens is 1150 g/mol. The van der Waals surface area contributed by atoms with Crippen molar-refractivity contribution in [2.24, 2.45) is 0 Å². The van der Waals surface area contributed by atoms with Gasteiger partial charge in [-0.25, -0.2) is 9.97 Å². The molecule has 0 unspecified atom stereocenters. The molecule has 9 nitrogen and oxygen atoms in total. The molecule has 0 radical (unpaired) electrons. The van der Waals surface area contributed by atoms with E-state index in [2.05, 4.69) is 319 Å². The van der Waals surface area contributed by atoms with Gasteiger partial charge in [-0.2, -0.15) is 5.26 Å². The Hall–Kier alpha value is -12.8. The molecule has 438 valence electrons. The van der Waals surface area contributed by atoms with Crippen LogP contribution in [0.15, 0.2) is 285 Å². The second-order valence-electron chi connectivity index (χ2n) is 24.9. The first-order chi connectivity index (χ1) is 46.4. The maximum Gasteiger partial charge on any atom is 0.126 e.